The van der Waals surface area contributed by atoms with E-state index in [-0.39, 0.29) is 29.1 Å². The smallest absolute Gasteiger partial charge is 0.268 e. The lowest BCUT2D eigenvalue weighted by Gasteiger charge is -2.14. The minimum atomic E-state index is -0.662. The quantitative estimate of drug-likeness (QED) is 0.721. The number of hydrogen-bond donors (Lipinski definition) is 2. The van der Waals surface area contributed by atoms with Gasteiger partial charge in [-0.3, -0.25) is 4.79 Å². The Morgan fingerprint density at radius 1 is 1.04 bits per heavy atom. The second-order valence-electron chi connectivity index (χ2n) is 5.59. The Morgan fingerprint density at radius 3 is 2.41 bits per heavy atom. The third kappa shape index (κ3) is 3.48. The Morgan fingerprint density at radius 2 is 1.70 bits per heavy atom. The Bertz CT molecular complexity index is 1160. The molecule has 7 heteroatoms. The number of benzene rings is 2. The number of ether oxygens (including phenoxy) is 1. The molecule has 0 amide bonds. The summed E-state index contributed by atoms with van der Waals surface area (Å²) in [6.45, 7) is 0.180. The van der Waals surface area contributed by atoms with Crippen molar-refractivity contribution in [3.05, 3.63) is 80.6 Å². The maximum absolute atomic E-state index is 12.1. The monoisotopic (exact) mass is 376 g/mol. The van der Waals surface area contributed by atoms with Gasteiger partial charge in [0.1, 0.15) is 41.4 Å². The summed E-state index contributed by atoms with van der Waals surface area (Å²) in [6, 6.07) is 17.9. The fourth-order valence-electron chi connectivity index (χ4n) is 2.68. The fraction of sp³-hybridized carbons (Fsp3) is 0.0500. The van der Waals surface area contributed by atoms with Crippen molar-refractivity contribution in [3.63, 3.8) is 0 Å². The second kappa shape index (κ2) is 7.65. The molecule has 0 radical (unpaired) electrons. The first-order valence-corrected chi connectivity index (χ1v) is 8.26. The molecule has 3 N–H and O–H groups in total. The highest BCUT2D eigenvalue weighted by Crippen LogP contribution is 2.35. The van der Waals surface area contributed by atoms with Crippen molar-refractivity contribution in [2.75, 3.05) is 5.73 Å². The number of halogens is 1. The predicted molar refractivity (Wildman–Crippen MR) is 102 cm³/mol. The Labute approximate surface area is 160 Å². The average Bonchev–Trinajstić information content (AvgIpc) is 2.67. The molecule has 0 bridgehead atoms. The average molecular weight is 377 g/mol. The van der Waals surface area contributed by atoms with Crippen LogP contribution in [0.3, 0.4) is 0 Å². The van der Waals surface area contributed by atoms with Crippen LogP contribution in [0.2, 0.25) is 5.02 Å². The molecular weight excluding hydrogens is 364 g/mol. The van der Waals surface area contributed by atoms with Gasteiger partial charge in [-0.2, -0.15) is 10.5 Å². The summed E-state index contributed by atoms with van der Waals surface area (Å²) >= 11 is 6.16. The molecule has 0 aliphatic rings. The molecule has 0 saturated heterocycles. The zero-order valence-corrected chi connectivity index (χ0v) is 14.7. The third-order valence-corrected chi connectivity index (χ3v) is 4.33. The van der Waals surface area contributed by atoms with E-state index in [1.165, 1.54) is 0 Å². The number of para-hydroxylation sites is 1. The van der Waals surface area contributed by atoms with E-state index >= 15 is 0 Å². The van der Waals surface area contributed by atoms with Crippen molar-refractivity contribution >= 4 is 17.4 Å². The number of rotatable bonds is 4. The minimum Gasteiger partial charge on any atom is -0.488 e. The van der Waals surface area contributed by atoms with Gasteiger partial charge in [-0.15, -0.1) is 0 Å². The first-order chi connectivity index (χ1) is 13.1. The van der Waals surface area contributed by atoms with Gasteiger partial charge in [0.2, 0.25) is 0 Å². The molecule has 0 fully saturated rings. The van der Waals surface area contributed by atoms with Crippen LogP contribution in [0.15, 0.2) is 53.3 Å². The van der Waals surface area contributed by atoms with Crippen LogP contribution in [-0.2, 0) is 6.61 Å². The highest BCUT2D eigenvalue weighted by molar-refractivity contribution is 6.31. The number of nitrogen functional groups attached to an aromatic ring is 1. The number of aromatic nitrogens is 1. The number of pyridine rings is 1. The normalized spacial score (nSPS) is 10.0. The molecule has 0 atom stereocenters. The lowest BCUT2D eigenvalue weighted by atomic mass is 9.96. The van der Waals surface area contributed by atoms with E-state index in [2.05, 4.69) is 4.98 Å². The SMILES string of the molecule is N#Cc1c(N)[nH]c(=O)c(C#N)c1-c1ccccc1OCc1ccccc1Cl. The summed E-state index contributed by atoms with van der Waals surface area (Å²) in [5.41, 5.74) is 6.29. The van der Waals surface area contributed by atoms with Gasteiger partial charge in [0.05, 0.1) is 0 Å². The first-order valence-electron chi connectivity index (χ1n) is 7.88. The van der Waals surface area contributed by atoms with Crippen molar-refractivity contribution in [1.82, 2.24) is 4.98 Å². The molecule has 1 aromatic heterocycles. The molecule has 1 heterocycles. The lowest BCUT2D eigenvalue weighted by molar-refractivity contribution is 0.307. The number of aromatic amines is 1. The van der Waals surface area contributed by atoms with E-state index in [1.807, 2.05) is 30.3 Å². The molecule has 2 aromatic carbocycles. The van der Waals surface area contributed by atoms with Crippen LogP contribution in [0.25, 0.3) is 11.1 Å². The number of anilines is 1. The van der Waals surface area contributed by atoms with Crippen LogP contribution in [0.4, 0.5) is 5.82 Å². The van der Waals surface area contributed by atoms with Crippen LogP contribution in [0, 0.1) is 22.7 Å². The molecule has 27 heavy (non-hydrogen) atoms. The van der Waals surface area contributed by atoms with Gasteiger partial charge in [-0.1, -0.05) is 48.0 Å². The highest BCUT2D eigenvalue weighted by Gasteiger charge is 2.21. The van der Waals surface area contributed by atoms with Gasteiger partial charge in [0.15, 0.2) is 0 Å². The number of nitrogens with zero attached hydrogens (tertiary/aromatic N) is 2. The molecule has 3 aromatic rings. The second-order valence-corrected chi connectivity index (χ2v) is 6.00. The number of nitrogens with two attached hydrogens (primary N) is 1. The molecule has 0 saturated carbocycles. The largest absolute Gasteiger partial charge is 0.488 e. The molecule has 132 valence electrons. The molecule has 0 aliphatic heterocycles. The van der Waals surface area contributed by atoms with Gasteiger partial charge in [-0.05, 0) is 12.1 Å². The predicted octanol–water partition coefficient (Wildman–Crippen LogP) is 3.60. The van der Waals surface area contributed by atoms with Crippen LogP contribution in [0.5, 0.6) is 5.75 Å². The number of nitrogens with one attached hydrogen (secondary N) is 1. The maximum Gasteiger partial charge on any atom is 0.268 e. The van der Waals surface area contributed by atoms with E-state index in [0.717, 1.165) is 5.56 Å². The van der Waals surface area contributed by atoms with Crippen molar-refractivity contribution in [3.8, 4) is 29.0 Å². The fourth-order valence-corrected chi connectivity index (χ4v) is 2.87. The molecule has 6 nitrogen and oxygen atoms in total. The van der Waals surface area contributed by atoms with E-state index in [1.54, 1.807) is 30.3 Å². The summed E-state index contributed by atoms with van der Waals surface area (Å²) in [5, 5.41) is 19.5. The van der Waals surface area contributed by atoms with Gasteiger partial charge in [0.25, 0.3) is 5.56 Å². The summed E-state index contributed by atoms with van der Waals surface area (Å²) in [7, 11) is 0. The van der Waals surface area contributed by atoms with Crippen molar-refractivity contribution in [2.45, 2.75) is 6.61 Å². The molecule has 0 spiro atoms. The number of hydrogen-bond acceptors (Lipinski definition) is 5. The molecule has 3 rings (SSSR count). The standard InChI is InChI=1S/C20H13ClN4O2/c21-16-7-3-1-5-12(16)11-27-17-8-4-2-6-13(17)18-14(9-22)19(24)25-20(26)15(18)10-23/h1-8H,11H2,(H3,24,25,26). The Balaban J connectivity index is 2.13. The van der Waals surface area contributed by atoms with Crippen molar-refractivity contribution in [1.29, 1.82) is 10.5 Å². The van der Waals surface area contributed by atoms with Crippen molar-refractivity contribution < 1.29 is 4.74 Å². The molecule has 0 unspecified atom stereocenters. The summed E-state index contributed by atoms with van der Waals surface area (Å²) in [6.07, 6.45) is 0. The van der Waals surface area contributed by atoms with E-state index < -0.39 is 5.56 Å². The van der Waals surface area contributed by atoms with E-state index in [4.69, 9.17) is 22.1 Å². The van der Waals surface area contributed by atoms with Gasteiger partial charge in [-0.25, -0.2) is 0 Å². The topological polar surface area (TPSA) is 116 Å². The zero-order chi connectivity index (χ0) is 19.4. The maximum atomic E-state index is 12.1. The minimum absolute atomic E-state index is 0.0138. The molecule has 0 aliphatic carbocycles. The van der Waals surface area contributed by atoms with Crippen LogP contribution >= 0.6 is 11.6 Å². The summed E-state index contributed by atoms with van der Waals surface area (Å²) in [5.74, 6) is 0.299. The summed E-state index contributed by atoms with van der Waals surface area (Å²) in [4.78, 5) is 14.5. The van der Waals surface area contributed by atoms with Gasteiger partial charge >= 0.3 is 0 Å². The van der Waals surface area contributed by atoms with E-state index in [9.17, 15) is 15.3 Å². The highest BCUT2D eigenvalue weighted by atomic mass is 35.5. The third-order valence-electron chi connectivity index (χ3n) is 3.97. The zero-order valence-electron chi connectivity index (χ0n) is 14.0. The van der Waals surface area contributed by atoms with Gasteiger partial charge in [0, 0.05) is 21.7 Å². The number of nitriles is 2. The van der Waals surface area contributed by atoms with E-state index in [0.29, 0.717) is 16.3 Å². The van der Waals surface area contributed by atoms with Crippen LogP contribution in [-0.4, -0.2) is 4.98 Å². The lowest BCUT2D eigenvalue weighted by Crippen LogP contribution is -2.16. The summed E-state index contributed by atoms with van der Waals surface area (Å²) < 4.78 is 5.88. The first kappa shape index (κ1) is 18.1. The van der Waals surface area contributed by atoms with Crippen molar-refractivity contribution in [2.24, 2.45) is 0 Å². The van der Waals surface area contributed by atoms with Gasteiger partial charge < -0.3 is 15.5 Å². The van der Waals surface area contributed by atoms with Crippen LogP contribution < -0.4 is 16.0 Å². The number of H-pyrrole nitrogens is 1. The Hall–Kier alpha value is -3.74. The van der Waals surface area contributed by atoms with Crippen LogP contribution in [0.1, 0.15) is 16.7 Å². The molecular formula is C20H13ClN4O2. The Kier molecular flexibility index (Phi) is 5.12.